The van der Waals surface area contributed by atoms with Crippen LogP contribution in [0.1, 0.15) is 24.8 Å². The number of nitrogens with zero attached hydrogens (tertiary/aromatic N) is 1. The van der Waals surface area contributed by atoms with Gasteiger partial charge in [-0.25, -0.2) is 0 Å². The Hall–Kier alpha value is -2.69. The van der Waals surface area contributed by atoms with Gasteiger partial charge >= 0.3 is 0 Å². The van der Waals surface area contributed by atoms with E-state index in [1.807, 2.05) is 36.4 Å². The summed E-state index contributed by atoms with van der Waals surface area (Å²) in [5.74, 6) is 1.44. The van der Waals surface area contributed by atoms with E-state index >= 15 is 0 Å². The van der Waals surface area contributed by atoms with Crippen LogP contribution in [0.4, 0.5) is 11.4 Å². The molecule has 0 aromatic heterocycles. The fourth-order valence-corrected chi connectivity index (χ4v) is 3.57. The van der Waals surface area contributed by atoms with Crippen LogP contribution in [0.15, 0.2) is 42.5 Å². The zero-order valence-electron chi connectivity index (χ0n) is 14.9. The average molecular weight is 352 g/mol. The van der Waals surface area contributed by atoms with Crippen LogP contribution in [0.25, 0.3) is 0 Å². The lowest BCUT2D eigenvalue weighted by molar-refractivity contribution is -0.115. The van der Waals surface area contributed by atoms with Crippen molar-refractivity contribution in [1.82, 2.24) is 0 Å². The fraction of sp³-hybridized carbons (Fsp3) is 0.381. The number of amides is 1. The highest BCUT2D eigenvalue weighted by Gasteiger charge is 2.17. The third kappa shape index (κ3) is 3.77. The molecular weight excluding hydrogens is 328 g/mol. The van der Waals surface area contributed by atoms with Crippen LogP contribution in [-0.4, -0.2) is 32.2 Å². The number of ether oxygens (including phenoxy) is 2. The lowest BCUT2D eigenvalue weighted by atomic mass is 10.1. The summed E-state index contributed by atoms with van der Waals surface area (Å²) >= 11 is 0. The number of hydrogen-bond donors (Lipinski definition) is 1. The molecule has 1 amide bonds. The fourth-order valence-electron chi connectivity index (χ4n) is 3.57. The molecule has 0 radical (unpaired) electrons. The highest BCUT2D eigenvalue weighted by atomic mass is 16.6. The molecule has 0 unspecified atom stereocenters. The van der Waals surface area contributed by atoms with E-state index in [1.165, 1.54) is 19.3 Å². The van der Waals surface area contributed by atoms with E-state index in [2.05, 4.69) is 16.3 Å². The molecule has 1 N–H and O–H groups in total. The number of benzene rings is 2. The molecule has 2 aromatic carbocycles. The first-order valence-electron chi connectivity index (χ1n) is 9.32. The third-order valence-corrected chi connectivity index (χ3v) is 4.85. The molecule has 136 valence electrons. The Morgan fingerprint density at radius 1 is 0.962 bits per heavy atom. The Morgan fingerprint density at radius 3 is 2.58 bits per heavy atom. The second-order valence-corrected chi connectivity index (χ2v) is 6.77. The van der Waals surface area contributed by atoms with Crippen LogP contribution in [0.5, 0.6) is 11.5 Å². The number of anilines is 2. The SMILES string of the molecule is O=C(Cc1ccc2c(c1)OCCO2)Nc1ccccc1N1CCCCC1. The molecular formula is C21H24N2O3. The summed E-state index contributed by atoms with van der Waals surface area (Å²) in [5.41, 5.74) is 2.92. The second-order valence-electron chi connectivity index (χ2n) is 6.77. The van der Waals surface area contributed by atoms with Crippen LogP contribution in [0, 0.1) is 0 Å². The molecule has 0 spiro atoms. The van der Waals surface area contributed by atoms with E-state index in [1.54, 1.807) is 0 Å². The molecule has 4 rings (SSSR count). The zero-order valence-corrected chi connectivity index (χ0v) is 14.9. The van der Waals surface area contributed by atoms with Gasteiger partial charge < -0.3 is 19.7 Å². The smallest absolute Gasteiger partial charge is 0.228 e. The van der Waals surface area contributed by atoms with E-state index in [-0.39, 0.29) is 5.91 Å². The molecule has 2 heterocycles. The van der Waals surface area contributed by atoms with Gasteiger partial charge in [0.1, 0.15) is 13.2 Å². The van der Waals surface area contributed by atoms with Crippen molar-refractivity contribution in [3.05, 3.63) is 48.0 Å². The van der Waals surface area contributed by atoms with Gasteiger partial charge in [-0.05, 0) is 49.1 Å². The molecule has 5 heteroatoms. The first kappa shape index (κ1) is 16.8. The Kier molecular flexibility index (Phi) is 4.95. The Labute approximate surface area is 153 Å². The summed E-state index contributed by atoms with van der Waals surface area (Å²) in [6, 6.07) is 13.7. The number of carbonyl (C=O) groups is 1. The first-order valence-corrected chi connectivity index (χ1v) is 9.32. The van der Waals surface area contributed by atoms with E-state index in [0.717, 1.165) is 41.5 Å². The van der Waals surface area contributed by atoms with Gasteiger partial charge in [0, 0.05) is 13.1 Å². The zero-order chi connectivity index (χ0) is 17.8. The predicted molar refractivity (Wildman–Crippen MR) is 102 cm³/mol. The summed E-state index contributed by atoms with van der Waals surface area (Å²) in [5, 5.41) is 3.08. The van der Waals surface area contributed by atoms with E-state index in [4.69, 9.17) is 9.47 Å². The van der Waals surface area contributed by atoms with Gasteiger partial charge in [-0.15, -0.1) is 0 Å². The maximum absolute atomic E-state index is 12.6. The summed E-state index contributed by atoms with van der Waals surface area (Å²) in [4.78, 5) is 14.9. The quantitative estimate of drug-likeness (QED) is 0.913. The minimum absolute atomic E-state index is 0.0221. The second kappa shape index (κ2) is 7.68. The first-order chi connectivity index (χ1) is 12.8. The highest BCUT2D eigenvalue weighted by molar-refractivity contribution is 5.95. The van der Waals surface area contributed by atoms with Gasteiger partial charge in [-0.3, -0.25) is 4.79 Å². The van der Waals surface area contributed by atoms with Gasteiger partial charge in [0.25, 0.3) is 0 Å². The number of para-hydroxylation sites is 2. The number of rotatable bonds is 4. The molecule has 0 bridgehead atoms. The largest absolute Gasteiger partial charge is 0.486 e. The van der Waals surface area contributed by atoms with Gasteiger partial charge in [0.15, 0.2) is 11.5 Å². The summed E-state index contributed by atoms with van der Waals surface area (Å²) in [7, 11) is 0. The van der Waals surface area contributed by atoms with Crippen molar-refractivity contribution < 1.29 is 14.3 Å². The molecule has 1 saturated heterocycles. The van der Waals surface area contributed by atoms with Crippen LogP contribution in [-0.2, 0) is 11.2 Å². The molecule has 2 aliphatic heterocycles. The number of fused-ring (bicyclic) bond motifs is 1. The van der Waals surface area contributed by atoms with Gasteiger partial charge in [0.2, 0.25) is 5.91 Å². The molecule has 26 heavy (non-hydrogen) atoms. The van der Waals surface area contributed by atoms with E-state index in [0.29, 0.717) is 19.6 Å². The molecule has 2 aromatic rings. The maximum atomic E-state index is 12.6. The summed E-state index contributed by atoms with van der Waals surface area (Å²) in [6.45, 7) is 3.22. The minimum Gasteiger partial charge on any atom is -0.486 e. The molecule has 5 nitrogen and oxygen atoms in total. The number of piperidine rings is 1. The van der Waals surface area contributed by atoms with Crippen LogP contribution in [0.2, 0.25) is 0 Å². The van der Waals surface area contributed by atoms with Crippen molar-refractivity contribution in [2.24, 2.45) is 0 Å². The van der Waals surface area contributed by atoms with Crippen molar-refractivity contribution >= 4 is 17.3 Å². The van der Waals surface area contributed by atoms with Gasteiger partial charge in [-0.2, -0.15) is 0 Å². The molecule has 2 aliphatic rings. The van der Waals surface area contributed by atoms with E-state index in [9.17, 15) is 4.79 Å². The molecule has 0 aliphatic carbocycles. The van der Waals surface area contributed by atoms with Crippen LogP contribution < -0.4 is 19.7 Å². The lowest BCUT2D eigenvalue weighted by Gasteiger charge is -2.30. The minimum atomic E-state index is -0.0221. The van der Waals surface area contributed by atoms with Crippen molar-refractivity contribution in [3.8, 4) is 11.5 Å². The number of nitrogens with one attached hydrogen (secondary N) is 1. The number of hydrogen-bond acceptors (Lipinski definition) is 4. The van der Waals surface area contributed by atoms with Crippen LogP contribution >= 0.6 is 0 Å². The standard InChI is InChI=1S/C21H24N2O3/c24-21(15-16-8-9-19-20(14-16)26-13-12-25-19)22-17-6-2-3-7-18(17)23-10-4-1-5-11-23/h2-3,6-9,14H,1,4-5,10-13,15H2,(H,22,24). The van der Waals surface area contributed by atoms with E-state index < -0.39 is 0 Å². The normalized spacial score (nSPS) is 16.2. The molecule has 0 atom stereocenters. The third-order valence-electron chi connectivity index (χ3n) is 4.85. The summed E-state index contributed by atoms with van der Waals surface area (Å²) in [6.07, 6.45) is 4.01. The topological polar surface area (TPSA) is 50.8 Å². The lowest BCUT2D eigenvalue weighted by Crippen LogP contribution is -2.30. The van der Waals surface area contributed by atoms with Crippen LogP contribution in [0.3, 0.4) is 0 Å². The van der Waals surface area contributed by atoms with Crippen molar-refractivity contribution in [2.75, 3.05) is 36.5 Å². The van der Waals surface area contributed by atoms with Crippen molar-refractivity contribution in [2.45, 2.75) is 25.7 Å². The predicted octanol–water partition coefficient (Wildman–Crippen LogP) is 3.63. The van der Waals surface area contributed by atoms with Crippen molar-refractivity contribution in [1.29, 1.82) is 0 Å². The Balaban J connectivity index is 1.45. The molecule has 0 saturated carbocycles. The number of carbonyl (C=O) groups excluding carboxylic acids is 1. The average Bonchev–Trinajstić information content (AvgIpc) is 2.69. The maximum Gasteiger partial charge on any atom is 0.228 e. The molecule has 1 fully saturated rings. The van der Waals surface area contributed by atoms with Gasteiger partial charge in [-0.1, -0.05) is 18.2 Å². The Bertz CT molecular complexity index is 785. The van der Waals surface area contributed by atoms with Gasteiger partial charge in [0.05, 0.1) is 17.8 Å². The highest BCUT2D eigenvalue weighted by Crippen LogP contribution is 2.31. The Morgan fingerprint density at radius 2 is 1.73 bits per heavy atom. The van der Waals surface area contributed by atoms with Crippen molar-refractivity contribution in [3.63, 3.8) is 0 Å². The monoisotopic (exact) mass is 352 g/mol. The summed E-state index contributed by atoms with van der Waals surface area (Å²) < 4.78 is 11.1.